The van der Waals surface area contributed by atoms with Gasteiger partial charge in [0.2, 0.25) is 5.88 Å². The average molecular weight is 254 g/mol. The number of carboxylic acids is 1. The van der Waals surface area contributed by atoms with Gasteiger partial charge in [-0.2, -0.15) is 18.2 Å². The highest BCUT2D eigenvalue weighted by atomic mass is 19.4. The van der Waals surface area contributed by atoms with Gasteiger partial charge in [0.25, 0.3) is 0 Å². The lowest BCUT2D eigenvalue weighted by Gasteiger charge is -1.93. The minimum Gasteiger partial charge on any atom is -0.477 e. The molecule has 0 spiro atoms. The van der Waals surface area contributed by atoms with Gasteiger partial charge < -0.3 is 14.4 Å². The Bertz CT molecular complexity index is 355. The monoisotopic (exact) mass is 254 g/mol. The Morgan fingerprint density at radius 2 is 2.06 bits per heavy atom. The van der Waals surface area contributed by atoms with Crippen LogP contribution < -0.4 is 4.74 Å². The summed E-state index contributed by atoms with van der Waals surface area (Å²) in [6.45, 7) is 4.57. The van der Waals surface area contributed by atoms with Crippen molar-refractivity contribution in [3.63, 3.8) is 0 Å². The third-order valence-corrected chi connectivity index (χ3v) is 1.62. The Balaban J connectivity index is 0.000000325. The lowest BCUT2D eigenvalue weighted by Crippen LogP contribution is -2.21. The highest BCUT2D eigenvalue weighted by molar-refractivity contribution is 5.73. The summed E-state index contributed by atoms with van der Waals surface area (Å²) in [5.74, 6) is -1.07. The van der Waals surface area contributed by atoms with Gasteiger partial charge in [-0.15, -0.1) is 0 Å². The van der Waals surface area contributed by atoms with Crippen LogP contribution in [-0.2, 0) is 11.8 Å². The number of imidazole rings is 1. The maximum Gasteiger partial charge on any atom is 0.490 e. The zero-order valence-corrected chi connectivity index (χ0v) is 9.58. The van der Waals surface area contributed by atoms with Crippen molar-refractivity contribution < 1.29 is 27.8 Å². The molecule has 8 heteroatoms. The van der Waals surface area contributed by atoms with Crippen LogP contribution in [0.5, 0.6) is 5.88 Å². The molecule has 1 heterocycles. The Kier molecular flexibility index (Phi) is 5.49. The summed E-state index contributed by atoms with van der Waals surface area (Å²) < 4.78 is 38.8. The van der Waals surface area contributed by atoms with E-state index in [0.717, 1.165) is 5.82 Å². The molecule has 0 aromatic carbocycles. The maximum absolute atomic E-state index is 10.6. The molecule has 1 aromatic heterocycles. The summed E-state index contributed by atoms with van der Waals surface area (Å²) in [4.78, 5) is 13.0. The molecular formula is C9H13F3N2O3. The van der Waals surface area contributed by atoms with Crippen LogP contribution in [0.1, 0.15) is 12.7 Å². The van der Waals surface area contributed by atoms with Gasteiger partial charge in [0, 0.05) is 7.05 Å². The van der Waals surface area contributed by atoms with Crippen molar-refractivity contribution in [1.82, 2.24) is 9.55 Å². The number of aromatic nitrogens is 2. The zero-order chi connectivity index (χ0) is 13.6. The van der Waals surface area contributed by atoms with Crippen molar-refractivity contribution in [3.05, 3.63) is 12.0 Å². The van der Waals surface area contributed by atoms with E-state index in [9.17, 15) is 13.2 Å². The van der Waals surface area contributed by atoms with Crippen molar-refractivity contribution in [3.8, 4) is 5.88 Å². The molecule has 0 amide bonds. The van der Waals surface area contributed by atoms with Crippen LogP contribution in [0.2, 0.25) is 0 Å². The van der Waals surface area contributed by atoms with Crippen molar-refractivity contribution in [2.24, 2.45) is 7.05 Å². The molecule has 0 radical (unpaired) electrons. The fourth-order valence-corrected chi connectivity index (χ4v) is 0.744. The fourth-order valence-electron chi connectivity index (χ4n) is 0.744. The molecule has 0 bridgehead atoms. The first-order chi connectivity index (χ1) is 7.68. The topological polar surface area (TPSA) is 64.4 Å². The van der Waals surface area contributed by atoms with Crippen LogP contribution >= 0.6 is 0 Å². The molecule has 98 valence electrons. The SMILES string of the molecule is CCOc1cn(C)c(C)n1.O=C(O)C(F)(F)F. The molecule has 1 aromatic rings. The third kappa shape index (κ3) is 5.79. The van der Waals surface area contributed by atoms with Crippen LogP contribution in [0.4, 0.5) is 13.2 Å². The molecule has 0 aliphatic heterocycles. The average Bonchev–Trinajstić information content (AvgIpc) is 2.46. The quantitative estimate of drug-likeness (QED) is 0.873. The summed E-state index contributed by atoms with van der Waals surface area (Å²) in [5, 5.41) is 7.12. The van der Waals surface area contributed by atoms with Gasteiger partial charge in [-0.1, -0.05) is 0 Å². The maximum atomic E-state index is 10.6. The first-order valence-corrected chi connectivity index (χ1v) is 4.61. The number of nitrogens with zero attached hydrogens (tertiary/aromatic N) is 2. The van der Waals surface area contributed by atoms with Crippen LogP contribution in [0.25, 0.3) is 0 Å². The van der Waals surface area contributed by atoms with Crippen LogP contribution in [-0.4, -0.2) is 33.4 Å². The first kappa shape index (κ1) is 15.3. The first-order valence-electron chi connectivity index (χ1n) is 4.61. The molecule has 0 saturated heterocycles. The van der Waals surface area contributed by atoms with Gasteiger partial charge in [0.1, 0.15) is 5.82 Å². The number of hydrogen-bond acceptors (Lipinski definition) is 3. The van der Waals surface area contributed by atoms with Crippen LogP contribution in [0.15, 0.2) is 6.20 Å². The lowest BCUT2D eigenvalue weighted by atomic mass is 10.7. The summed E-state index contributed by atoms with van der Waals surface area (Å²) in [6, 6.07) is 0. The number of alkyl halides is 3. The van der Waals surface area contributed by atoms with Crippen LogP contribution in [0.3, 0.4) is 0 Å². The third-order valence-electron chi connectivity index (χ3n) is 1.62. The van der Waals surface area contributed by atoms with E-state index in [1.54, 1.807) is 0 Å². The molecule has 0 aliphatic rings. The molecule has 17 heavy (non-hydrogen) atoms. The number of aliphatic carboxylic acids is 1. The van der Waals surface area contributed by atoms with E-state index in [-0.39, 0.29) is 0 Å². The second kappa shape index (κ2) is 6.12. The Hall–Kier alpha value is -1.73. The number of halogens is 3. The van der Waals surface area contributed by atoms with E-state index in [1.165, 1.54) is 0 Å². The fraction of sp³-hybridized carbons (Fsp3) is 0.556. The summed E-state index contributed by atoms with van der Waals surface area (Å²) in [5.41, 5.74) is 0. The van der Waals surface area contributed by atoms with Gasteiger partial charge in [-0.25, -0.2) is 4.79 Å². The predicted molar refractivity (Wildman–Crippen MR) is 52.8 cm³/mol. The van der Waals surface area contributed by atoms with E-state index >= 15 is 0 Å². The van der Waals surface area contributed by atoms with Gasteiger partial charge in [-0.3, -0.25) is 0 Å². The smallest absolute Gasteiger partial charge is 0.477 e. The van der Waals surface area contributed by atoms with Gasteiger partial charge in [0.05, 0.1) is 12.8 Å². The zero-order valence-electron chi connectivity index (χ0n) is 9.58. The van der Waals surface area contributed by atoms with Crippen molar-refractivity contribution >= 4 is 5.97 Å². The van der Waals surface area contributed by atoms with E-state index in [2.05, 4.69) is 4.98 Å². The van der Waals surface area contributed by atoms with Crippen molar-refractivity contribution in [2.75, 3.05) is 6.61 Å². The molecule has 0 fully saturated rings. The minimum atomic E-state index is -5.08. The normalized spacial score (nSPS) is 10.5. The molecule has 0 aliphatic carbocycles. The molecule has 1 N–H and O–H groups in total. The number of carboxylic acid groups (broad SMARTS) is 1. The highest BCUT2D eigenvalue weighted by Gasteiger charge is 2.38. The summed E-state index contributed by atoms with van der Waals surface area (Å²) >= 11 is 0. The molecule has 1 rings (SSSR count). The molecule has 0 atom stereocenters. The Labute approximate surface area is 95.8 Å². The van der Waals surface area contributed by atoms with E-state index in [1.807, 2.05) is 31.7 Å². The minimum absolute atomic E-state index is 0.677. The molecule has 5 nitrogen and oxygen atoms in total. The standard InChI is InChI=1S/C7H12N2O.C2HF3O2/c1-4-10-7-5-9(3)6(2)8-7;3-2(4,5)1(6)7/h5H,4H2,1-3H3;(H,6,7). The number of rotatable bonds is 2. The second-order valence-corrected chi connectivity index (χ2v) is 2.97. The molecular weight excluding hydrogens is 241 g/mol. The second-order valence-electron chi connectivity index (χ2n) is 2.97. The van der Waals surface area contributed by atoms with E-state index in [4.69, 9.17) is 14.6 Å². The van der Waals surface area contributed by atoms with Crippen molar-refractivity contribution in [2.45, 2.75) is 20.0 Å². The van der Waals surface area contributed by atoms with E-state index in [0.29, 0.717) is 12.5 Å². The van der Waals surface area contributed by atoms with Gasteiger partial charge in [0.15, 0.2) is 0 Å². The summed E-state index contributed by atoms with van der Waals surface area (Å²) in [6.07, 6.45) is -3.21. The Morgan fingerprint density at radius 3 is 2.29 bits per heavy atom. The van der Waals surface area contributed by atoms with Gasteiger partial charge in [-0.05, 0) is 13.8 Å². The Morgan fingerprint density at radius 1 is 1.59 bits per heavy atom. The number of hydrogen-bond donors (Lipinski definition) is 1. The highest BCUT2D eigenvalue weighted by Crippen LogP contribution is 2.13. The number of ether oxygens (including phenoxy) is 1. The molecule has 0 unspecified atom stereocenters. The van der Waals surface area contributed by atoms with E-state index < -0.39 is 12.1 Å². The molecule has 0 saturated carbocycles. The van der Waals surface area contributed by atoms with Crippen molar-refractivity contribution in [1.29, 1.82) is 0 Å². The van der Waals surface area contributed by atoms with Gasteiger partial charge >= 0.3 is 12.1 Å². The largest absolute Gasteiger partial charge is 0.490 e. The van der Waals surface area contributed by atoms with Crippen LogP contribution in [0, 0.1) is 6.92 Å². The number of carbonyl (C=O) groups is 1. The lowest BCUT2D eigenvalue weighted by molar-refractivity contribution is -0.192. The predicted octanol–water partition coefficient (Wildman–Crippen LogP) is 1.76. The summed E-state index contributed by atoms with van der Waals surface area (Å²) in [7, 11) is 1.95. The number of aryl methyl sites for hydroxylation is 2.